The average molecular weight is 407 g/mol. The molecule has 7 heteroatoms. The van der Waals surface area contributed by atoms with Gasteiger partial charge < -0.3 is 4.74 Å². The number of hydrogen-bond donors (Lipinski definition) is 0. The number of amides is 1. The van der Waals surface area contributed by atoms with Gasteiger partial charge in [-0.25, -0.2) is 0 Å². The van der Waals surface area contributed by atoms with Gasteiger partial charge in [0.1, 0.15) is 5.75 Å². The van der Waals surface area contributed by atoms with Crippen LogP contribution in [0.1, 0.15) is 17.3 Å². The molecule has 2 aromatic carbocycles. The molecule has 26 heavy (non-hydrogen) atoms. The standard InChI is InChI=1S/C19H19ClN2O2S2/c1-12-11-26-19(21-12)22(14-6-4-13(20)5-7-14)18(23)16-9-8-15(25-3)10-17(16)24-2/h4-10,12H,11H2,1-3H3/t12-/m0/s1. The Morgan fingerprint density at radius 1 is 1.31 bits per heavy atom. The predicted octanol–water partition coefficient (Wildman–Crippen LogP) is 5.21. The van der Waals surface area contributed by atoms with Crippen LogP contribution in [0.15, 0.2) is 52.4 Å². The molecule has 1 amide bonds. The highest BCUT2D eigenvalue weighted by molar-refractivity contribution is 8.14. The Bertz CT molecular complexity index is 840. The Morgan fingerprint density at radius 2 is 2.04 bits per heavy atom. The lowest BCUT2D eigenvalue weighted by molar-refractivity contribution is 0.1000. The minimum Gasteiger partial charge on any atom is -0.496 e. The Balaban J connectivity index is 2.06. The number of carbonyl (C=O) groups is 1. The van der Waals surface area contributed by atoms with Crippen molar-refractivity contribution >= 4 is 51.9 Å². The number of benzene rings is 2. The normalized spacial score (nSPS) is 16.3. The molecule has 4 nitrogen and oxygen atoms in total. The lowest BCUT2D eigenvalue weighted by Crippen LogP contribution is -2.35. The van der Waals surface area contributed by atoms with Gasteiger partial charge in [-0.3, -0.25) is 14.7 Å². The fraction of sp³-hybridized carbons (Fsp3) is 0.263. The highest BCUT2D eigenvalue weighted by Crippen LogP contribution is 2.32. The van der Waals surface area contributed by atoms with Gasteiger partial charge in [0.2, 0.25) is 0 Å². The van der Waals surface area contributed by atoms with Crippen LogP contribution in [0, 0.1) is 0 Å². The van der Waals surface area contributed by atoms with E-state index in [-0.39, 0.29) is 11.9 Å². The third-order valence-corrected chi connectivity index (χ3v) is 6.08. The maximum atomic E-state index is 13.4. The molecule has 136 valence electrons. The SMILES string of the molecule is COc1cc(SC)ccc1C(=O)N(C1=N[C@@H](C)CS1)c1ccc(Cl)cc1. The number of aliphatic imine (C=N–C) groups is 1. The molecule has 0 radical (unpaired) electrons. The summed E-state index contributed by atoms with van der Waals surface area (Å²) in [6.07, 6.45) is 1.99. The molecule has 0 unspecified atom stereocenters. The monoisotopic (exact) mass is 406 g/mol. The molecule has 0 bridgehead atoms. The topological polar surface area (TPSA) is 41.9 Å². The third-order valence-electron chi connectivity index (χ3n) is 3.90. The molecule has 0 saturated carbocycles. The lowest BCUT2D eigenvalue weighted by atomic mass is 10.1. The zero-order valence-electron chi connectivity index (χ0n) is 14.7. The molecule has 0 N–H and O–H groups in total. The van der Waals surface area contributed by atoms with E-state index in [1.54, 1.807) is 53.7 Å². The number of nitrogens with zero attached hydrogens (tertiary/aromatic N) is 2. The average Bonchev–Trinajstić information content (AvgIpc) is 3.08. The van der Waals surface area contributed by atoms with Crippen LogP contribution in [0.5, 0.6) is 5.75 Å². The Kier molecular flexibility index (Phi) is 6.16. The van der Waals surface area contributed by atoms with Crippen LogP contribution < -0.4 is 9.64 Å². The van der Waals surface area contributed by atoms with Gasteiger partial charge >= 0.3 is 0 Å². The largest absolute Gasteiger partial charge is 0.496 e. The first-order valence-electron chi connectivity index (χ1n) is 8.06. The van der Waals surface area contributed by atoms with E-state index in [9.17, 15) is 4.79 Å². The Labute approximate surface area is 167 Å². The van der Waals surface area contributed by atoms with Crippen molar-refractivity contribution in [1.29, 1.82) is 0 Å². The number of methoxy groups -OCH3 is 1. The van der Waals surface area contributed by atoms with E-state index >= 15 is 0 Å². The van der Waals surface area contributed by atoms with Crippen molar-refractivity contribution < 1.29 is 9.53 Å². The predicted molar refractivity (Wildman–Crippen MR) is 112 cm³/mol. The number of carbonyl (C=O) groups excluding carboxylic acids is 1. The van der Waals surface area contributed by atoms with Gasteiger partial charge in [0.05, 0.1) is 24.4 Å². The number of amidine groups is 1. The van der Waals surface area contributed by atoms with Crippen molar-refractivity contribution in [2.45, 2.75) is 17.9 Å². The fourth-order valence-corrected chi connectivity index (χ4v) is 4.17. The van der Waals surface area contributed by atoms with Gasteiger partial charge in [0.25, 0.3) is 5.91 Å². The smallest absolute Gasteiger partial charge is 0.268 e. The summed E-state index contributed by atoms with van der Waals surface area (Å²) in [7, 11) is 1.58. The number of anilines is 1. The summed E-state index contributed by atoms with van der Waals surface area (Å²) >= 11 is 9.20. The van der Waals surface area contributed by atoms with Crippen molar-refractivity contribution in [1.82, 2.24) is 0 Å². The van der Waals surface area contributed by atoms with E-state index in [4.69, 9.17) is 16.3 Å². The lowest BCUT2D eigenvalue weighted by Gasteiger charge is -2.23. The number of thioether (sulfide) groups is 2. The number of ether oxygens (including phenoxy) is 1. The zero-order valence-corrected chi connectivity index (χ0v) is 17.1. The molecule has 1 aliphatic heterocycles. The molecule has 0 saturated heterocycles. The first kappa shape index (κ1) is 19.1. The molecule has 0 aliphatic carbocycles. The first-order valence-corrected chi connectivity index (χ1v) is 10.6. The molecule has 0 fully saturated rings. The molecule has 1 aliphatic rings. The number of rotatable bonds is 4. The Hall–Kier alpha value is -1.63. The van der Waals surface area contributed by atoms with Crippen LogP contribution in [-0.4, -0.2) is 36.2 Å². The second-order valence-electron chi connectivity index (χ2n) is 5.75. The van der Waals surface area contributed by atoms with Crippen LogP contribution in [0.4, 0.5) is 5.69 Å². The molecule has 2 aromatic rings. The van der Waals surface area contributed by atoms with Gasteiger partial charge in [0, 0.05) is 15.7 Å². The first-order chi connectivity index (χ1) is 12.5. The highest BCUT2D eigenvalue weighted by Gasteiger charge is 2.29. The van der Waals surface area contributed by atoms with Crippen LogP contribution in [0.2, 0.25) is 5.02 Å². The second kappa shape index (κ2) is 8.37. The minimum absolute atomic E-state index is 0.169. The van der Waals surface area contributed by atoms with Crippen molar-refractivity contribution in [2.24, 2.45) is 4.99 Å². The summed E-state index contributed by atoms with van der Waals surface area (Å²) in [6, 6.07) is 13.0. The van der Waals surface area contributed by atoms with E-state index in [1.165, 1.54) is 0 Å². The second-order valence-corrected chi connectivity index (χ2v) is 8.06. The van der Waals surface area contributed by atoms with E-state index in [0.29, 0.717) is 21.5 Å². The molecule has 0 spiro atoms. The summed E-state index contributed by atoms with van der Waals surface area (Å²) in [5.74, 6) is 1.24. The van der Waals surface area contributed by atoms with Gasteiger partial charge in [-0.05, 0) is 55.6 Å². The summed E-state index contributed by atoms with van der Waals surface area (Å²) in [6.45, 7) is 2.04. The van der Waals surface area contributed by atoms with E-state index in [2.05, 4.69) is 4.99 Å². The maximum absolute atomic E-state index is 13.4. The van der Waals surface area contributed by atoms with Crippen molar-refractivity contribution in [3.8, 4) is 5.75 Å². The molecule has 0 aromatic heterocycles. The highest BCUT2D eigenvalue weighted by atomic mass is 35.5. The molecule has 1 heterocycles. The van der Waals surface area contributed by atoms with Gasteiger partial charge in [-0.2, -0.15) is 0 Å². The number of halogens is 1. The van der Waals surface area contributed by atoms with Gasteiger partial charge in [-0.1, -0.05) is 23.4 Å². The van der Waals surface area contributed by atoms with Crippen molar-refractivity contribution in [2.75, 3.05) is 24.0 Å². The summed E-state index contributed by atoms with van der Waals surface area (Å²) < 4.78 is 5.47. The van der Waals surface area contributed by atoms with Crippen LogP contribution in [0.3, 0.4) is 0 Å². The van der Waals surface area contributed by atoms with Crippen LogP contribution in [0.25, 0.3) is 0 Å². The summed E-state index contributed by atoms with van der Waals surface area (Å²) in [4.78, 5) is 20.7. The van der Waals surface area contributed by atoms with Crippen LogP contribution in [-0.2, 0) is 0 Å². The van der Waals surface area contributed by atoms with E-state index in [0.717, 1.165) is 16.3 Å². The van der Waals surface area contributed by atoms with Crippen LogP contribution >= 0.6 is 35.1 Å². The van der Waals surface area contributed by atoms with Crippen molar-refractivity contribution in [3.63, 3.8) is 0 Å². The molecule has 3 rings (SSSR count). The van der Waals surface area contributed by atoms with Crippen molar-refractivity contribution in [3.05, 3.63) is 53.1 Å². The summed E-state index contributed by atoms with van der Waals surface area (Å²) in [5, 5.41) is 1.32. The molecule has 1 atom stereocenters. The fourth-order valence-electron chi connectivity index (χ4n) is 2.58. The zero-order chi connectivity index (χ0) is 18.7. The van der Waals surface area contributed by atoms with Gasteiger partial charge in [0.15, 0.2) is 5.17 Å². The third kappa shape index (κ3) is 4.03. The molecular weight excluding hydrogens is 388 g/mol. The summed E-state index contributed by atoms with van der Waals surface area (Å²) in [5.41, 5.74) is 1.24. The quantitative estimate of drug-likeness (QED) is 0.653. The number of hydrogen-bond acceptors (Lipinski definition) is 5. The maximum Gasteiger partial charge on any atom is 0.268 e. The van der Waals surface area contributed by atoms with E-state index in [1.807, 2.05) is 37.4 Å². The van der Waals surface area contributed by atoms with Gasteiger partial charge in [-0.15, -0.1) is 11.8 Å². The Morgan fingerprint density at radius 3 is 2.62 bits per heavy atom. The van der Waals surface area contributed by atoms with E-state index < -0.39 is 0 Å². The molecular formula is C19H19ClN2O2S2. The minimum atomic E-state index is -0.169.